The number of nitrogens with zero attached hydrogens (tertiary/aromatic N) is 1. The quantitative estimate of drug-likeness (QED) is 0.828. The van der Waals surface area contributed by atoms with Crippen molar-refractivity contribution < 1.29 is 14.7 Å². The third kappa shape index (κ3) is 2.61. The van der Waals surface area contributed by atoms with E-state index in [1.165, 1.54) is 0 Å². The molecule has 5 heteroatoms. The van der Waals surface area contributed by atoms with Gasteiger partial charge < -0.3 is 10.4 Å². The SMILES string of the molecule is CCC(=O)N1c2ccccc2C[C@H]1C(=O)NCCO. The largest absolute Gasteiger partial charge is 0.395 e. The summed E-state index contributed by atoms with van der Waals surface area (Å²) in [6.45, 7) is 1.89. The molecule has 0 bridgehead atoms. The lowest BCUT2D eigenvalue weighted by Crippen LogP contribution is -2.48. The van der Waals surface area contributed by atoms with Gasteiger partial charge in [0.15, 0.2) is 0 Å². The number of nitrogens with one attached hydrogen (secondary N) is 1. The van der Waals surface area contributed by atoms with Gasteiger partial charge in [-0.15, -0.1) is 0 Å². The van der Waals surface area contributed by atoms with Crippen LogP contribution in [-0.2, 0) is 16.0 Å². The summed E-state index contributed by atoms with van der Waals surface area (Å²) in [5, 5.41) is 11.4. The topological polar surface area (TPSA) is 69.6 Å². The summed E-state index contributed by atoms with van der Waals surface area (Å²) in [7, 11) is 0. The van der Waals surface area contributed by atoms with Gasteiger partial charge in [0.05, 0.1) is 6.61 Å². The van der Waals surface area contributed by atoms with Crippen molar-refractivity contribution in [3.8, 4) is 0 Å². The number of anilines is 1. The molecule has 0 fully saturated rings. The normalized spacial score (nSPS) is 17.2. The first-order chi connectivity index (χ1) is 9.19. The zero-order valence-corrected chi connectivity index (χ0v) is 10.9. The molecule has 0 saturated heterocycles. The smallest absolute Gasteiger partial charge is 0.243 e. The molecule has 0 saturated carbocycles. The molecular formula is C14H18N2O3. The molecule has 0 aliphatic carbocycles. The van der Waals surface area contributed by atoms with Gasteiger partial charge in [0.1, 0.15) is 6.04 Å². The Kier molecular flexibility index (Phi) is 4.16. The Morgan fingerprint density at radius 2 is 2.16 bits per heavy atom. The van der Waals surface area contributed by atoms with E-state index in [1.54, 1.807) is 11.8 Å². The Bertz CT molecular complexity index is 487. The van der Waals surface area contributed by atoms with Crippen molar-refractivity contribution in [2.24, 2.45) is 0 Å². The fourth-order valence-corrected chi connectivity index (χ4v) is 2.37. The summed E-state index contributed by atoms with van der Waals surface area (Å²) in [5.74, 6) is -0.277. The minimum atomic E-state index is -0.503. The van der Waals surface area contributed by atoms with Crippen LogP contribution < -0.4 is 10.2 Å². The predicted molar refractivity (Wildman–Crippen MR) is 71.8 cm³/mol. The van der Waals surface area contributed by atoms with Gasteiger partial charge in [-0.25, -0.2) is 0 Å². The van der Waals surface area contributed by atoms with Gasteiger partial charge in [-0.05, 0) is 11.6 Å². The van der Waals surface area contributed by atoms with Gasteiger partial charge >= 0.3 is 0 Å². The van der Waals surface area contributed by atoms with Gasteiger partial charge in [0.25, 0.3) is 0 Å². The highest BCUT2D eigenvalue weighted by molar-refractivity contribution is 6.03. The van der Waals surface area contributed by atoms with Crippen molar-refractivity contribution in [3.05, 3.63) is 29.8 Å². The molecule has 2 N–H and O–H groups in total. The van der Waals surface area contributed by atoms with Gasteiger partial charge in [-0.1, -0.05) is 25.1 Å². The van der Waals surface area contributed by atoms with Crippen LogP contribution in [0.3, 0.4) is 0 Å². The lowest BCUT2D eigenvalue weighted by atomic mass is 10.1. The van der Waals surface area contributed by atoms with Crippen LogP contribution in [0, 0.1) is 0 Å². The van der Waals surface area contributed by atoms with Gasteiger partial charge in [0.2, 0.25) is 11.8 Å². The van der Waals surface area contributed by atoms with E-state index < -0.39 is 6.04 Å². The zero-order valence-electron chi connectivity index (χ0n) is 10.9. The number of rotatable bonds is 4. The molecule has 0 spiro atoms. The molecule has 2 amide bonds. The van der Waals surface area contributed by atoms with Crippen LogP contribution in [0.15, 0.2) is 24.3 Å². The summed E-state index contributed by atoms with van der Waals surface area (Å²) in [4.78, 5) is 25.7. The van der Waals surface area contributed by atoms with Gasteiger partial charge in [-0.2, -0.15) is 0 Å². The first kappa shape index (κ1) is 13.5. The van der Waals surface area contributed by atoms with Crippen molar-refractivity contribution in [2.75, 3.05) is 18.1 Å². The molecule has 1 aromatic rings. The number of hydrogen-bond donors (Lipinski definition) is 2. The van der Waals surface area contributed by atoms with Crippen molar-refractivity contribution in [1.82, 2.24) is 5.32 Å². The maximum absolute atomic E-state index is 12.1. The number of aliphatic hydroxyl groups is 1. The van der Waals surface area contributed by atoms with E-state index >= 15 is 0 Å². The molecule has 2 rings (SSSR count). The number of carbonyl (C=O) groups is 2. The fraction of sp³-hybridized carbons (Fsp3) is 0.429. The van der Waals surface area contributed by atoms with Crippen LogP contribution in [-0.4, -0.2) is 36.1 Å². The van der Waals surface area contributed by atoms with Crippen molar-refractivity contribution in [3.63, 3.8) is 0 Å². The minimum absolute atomic E-state index is 0.0610. The second-order valence-electron chi connectivity index (χ2n) is 4.48. The highest BCUT2D eigenvalue weighted by Gasteiger charge is 2.37. The maximum Gasteiger partial charge on any atom is 0.243 e. The standard InChI is InChI=1S/C14H18N2O3/c1-2-13(18)16-11-6-4-3-5-10(11)9-12(16)14(19)15-7-8-17/h3-6,12,17H,2,7-9H2,1H3,(H,15,19)/t12-/m0/s1. The highest BCUT2D eigenvalue weighted by atomic mass is 16.3. The van der Waals surface area contributed by atoms with E-state index in [-0.39, 0.29) is 25.0 Å². The predicted octanol–water partition coefficient (Wildman–Crippen LogP) is 0.463. The van der Waals surface area contributed by atoms with Crippen LogP contribution in [0.1, 0.15) is 18.9 Å². The van der Waals surface area contributed by atoms with Gasteiger partial charge in [0, 0.05) is 25.1 Å². The molecular weight excluding hydrogens is 244 g/mol. The second-order valence-corrected chi connectivity index (χ2v) is 4.48. The first-order valence-corrected chi connectivity index (χ1v) is 6.47. The zero-order chi connectivity index (χ0) is 13.8. The molecule has 5 nitrogen and oxygen atoms in total. The summed E-state index contributed by atoms with van der Waals surface area (Å²) >= 11 is 0. The number of benzene rings is 1. The number of fused-ring (bicyclic) bond motifs is 1. The molecule has 0 aromatic heterocycles. The van der Waals surface area contributed by atoms with Crippen LogP contribution >= 0.6 is 0 Å². The molecule has 0 radical (unpaired) electrons. The summed E-state index contributed by atoms with van der Waals surface area (Å²) < 4.78 is 0. The molecule has 1 aromatic carbocycles. The van der Waals surface area contributed by atoms with Crippen molar-refractivity contribution in [2.45, 2.75) is 25.8 Å². The van der Waals surface area contributed by atoms with Gasteiger partial charge in [-0.3, -0.25) is 14.5 Å². The van der Waals surface area contributed by atoms with Crippen LogP contribution in [0.25, 0.3) is 0 Å². The van der Waals surface area contributed by atoms with E-state index in [0.717, 1.165) is 11.3 Å². The Morgan fingerprint density at radius 3 is 2.84 bits per heavy atom. The Morgan fingerprint density at radius 1 is 1.42 bits per heavy atom. The number of aliphatic hydroxyl groups excluding tert-OH is 1. The number of hydrogen-bond acceptors (Lipinski definition) is 3. The average molecular weight is 262 g/mol. The Labute approximate surface area is 112 Å². The number of para-hydroxylation sites is 1. The maximum atomic E-state index is 12.1. The fourth-order valence-electron chi connectivity index (χ4n) is 2.37. The highest BCUT2D eigenvalue weighted by Crippen LogP contribution is 2.32. The van der Waals surface area contributed by atoms with Crippen molar-refractivity contribution in [1.29, 1.82) is 0 Å². The Balaban J connectivity index is 2.25. The first-order valence-electron chi connectivity index (χ1n) is 6.47. The molecule has 1 atom stereocenters. The minimum Gasteiger partial charge on any atom is -0.395 e. The lowest BCUT2D eigenvalue weighted by molar-refractivity contribution is -0.126. The third-order valence-corrected chi connectivity index (χ3v) is 3.26. The van der Waals surface area contributed by atoms with Crippen LogP contribution in [0.2, 0.25) is 0 Å². The lowest BCUT2D eigenvalue weighted by Gasteiger charge is -2.24. The molecule has 19 heavy (non-hydrogen) atoms. The second kappa shape index (κ2) is 5.84. The van der Waals surface area contributed by atoms with E-state index in [4.69, 9.17) is 5.11 Å². The van der Waals surface area contributed by atoms with Crippen molar-refractivity contribution >= 4 is 17.5 Å². The molecule has 1 aliphatic rings. The summed E-state index contributed by atoms with van der Waals surface area (Å²) in [6, 6.07) is 7.06. The Hall–Kier alpha value is -1.88. The third-order valence-electron chi connectivity index (χ3n) is 3.26. The number of amides is 2. The average Bonchev–Trinajstić information content (AvgIpc) is 2.83. The van der Waals surface area contributed by atoms with E-state index in [0.29, 0.717) is 12.8 Å². The molecule has 1 heterocycles. The molecule has 0 unspecified atom stereocenters. The van der Waals surface area contributed by atoms with Crippen LogP contribution in [0.5, 0.6) is 0 Å². The van der Waals surface area contributed by atoms with Crippen LogP contribution in [0.4, 0.5) is 5.69 Å². The summed E-state index contributed by atoms with van der Waals surface area (Å²) in [5.41, 5.74) is 1.83. The summed E-state index contributed by atoms with van der Waals surface area (Å²) in [6.07, 6.45) is 0.886. The van der Waals surface area contributed by atoms with E-state index in [2.05, 4.69) is 5.32 Å². The van der Waals surface area contributed by atoms with E-state index in [9.17, 15) is 9.59 Å². The molecule has 1 aliphatic heterocycles. The van der Waals surface area contributed by atoms with E-state index in [1.807, 2.05) is 24.3 Å². The number of carbonyl (C=O) groups excluding carboxylic acids is 2. The monoisotopic (exact) mass is 262 g/mol. The molecule has 102 valence electrons.